The third kappa shape index (κ3) is 2.32. The lowest BCUT2D eigenvalue weighted by atomic mass is 10.1. The Balaban J connectivity index is 3.14. The molecule has 14 heavy (non-hydrogen) atoms. The molecule has 0 radical (unpaired) electrons. The van der Waals surface area contributed by atoms with Crippen LogP contribution in [-0.4, -0.2) is 16.7 Å². The van der Waals surface area contributed by atoms with Crippen LogP contribution >= 0.6 is 11.6 Å². The zero-order valence-corrected chi connectivity index (χ0v) is 7.69. The molecule has 0 fully saturated rings. The number of aliphatic hydroxyl groups is 1. The molecule has 7 heteroatoms. The minimum Gasteiger partial charge on any atom is -0.396 e. The molecule has 0 aromatic carbocycles. The first-order valence-corrected chi connectivity index (χ1v) is 4.03. The Morgan fingerprint density at radius 2 is 2.50 bits per heavy atom. The summed E-state index contributed by atoms with van der Waals surface area (Å²) >= 11 is 5.57. The maximum atomic E-state index is 13.1. The summed E-state index contributed by atoms with van der Waals surface area (Å²) in [6, 6.07) is 0.269. The average Bonchev–Trinajstić information content (AvgIpc) is 2.18. The van der Waals surface area contributed by atoms with E-state index >= 15 is 0 Å². The van der Waals surface area contributed by atoms with Crippen LogP contribution in [0, 0.1) is 5.95 Å². The van der Waals surface area contributed by atoms with Crippen molar-refractivity contribution in [3.05, 3.63) is 39.2 Å². The van der Waals surface area contributed by atoms with Crippen LogP contribution in [0.4, 0.5) is 4.39 Å². The summed E-state index contributed by atoms with van der Waals surface area (Å²) in [4.78, 5) is 5.82. The minimum absolute atomic E-state index is 0.0159. The zero-order valence-electron chi connectivity index (χ0n) is 6.93. The van der Waals surface area contributed by atoms with Gasteiger partial charge in [-0.2, -0.15) is 4.39 Å². The summed E-state index contributed by atoms with van der Waals surface area (Å²) in [6.45, 7) is -0.497. The largest absolute Gasteiger partial charge is 0.396 e. The van der Waals surface area contributed by atoms with Gasteiger partial charge in [-0.3, -0.25) is 0 Å². The molecular formula is C7H6ClFN4O. The lowest BCUT2D eigenvalue weighted by Gasteiger charge is -2.08. The van der Waals surface area contributed by atoms with Crippen LogP contribution in [-0.2, 0) is 0 Å². The Kier molecular flexibility index (Phi) is 3.64. The van der Waals surface area contributed by atoms with E-state index in [4.69, 9.17) is 22.2 Å². The maximum Gasteiger partial charge on any atom is 0.216 e. The third-order valence-corrected chi connectivity index (χ3v) is 1.76. The molecule has 1 rings (SSSR count). The normalized spacial score (nSPS) is 11.9. The monoisotopic (exact) mass is 216 g/mol. The van der Waals surface area contributed by atoms with Crippen molar-refractivity contribution in [2.75, 3.05) is 6.61 Å². The molecule has 0 spiro atoms. The van der Waals surface area contributed by atoms with Gasteiger partial charge in [0.25, 0.3) is 0 Å². The molecule has 1 aromatic rings. The maximum absolute atomic E-state index is 13.1. The van der Waals surface area contributed by atoms with E-state index in [1.807, 2.05) is 0 Å². The van der Waals surface area contributed by atoms with Crippen LogP contribution in [0.2, 0.25) is 5.02 Å². The Morgan fingerprint density at radius 1 is 1.79 bits per heavy atom. The smallest absolute Gasteiger partial charge is 0.216 e. The first-order valence-electron chi connectivity index (χ1n) is 3.65. The van der Waals surface area contributed by atoms with Crippen LogP contribution in [0.3, 0.4) is 0 Å². The van der Waals surface area contributed by atoms with Crippen molar-refractivity contribution in [3.63, 3.8) is 0 Å². The fourth-order valence-electron chi connectivity index (χ4n) is 0.931. The van der Waals surface area contributed by atoms with Crippen molar-refractivity contribution in [2.45, 2.75) is 6.04 Å². The molecular weight excluding hydrogens is 211 g/mol. The second kappa shape index (κ2) is 4.76. The van der Waals surface area contributed by atoms with Gasteiger partial charge in [0.05, 0.1) is 17.7 Å². The molecule has 0 aliphatic rings. The topological polar surface area (TPSA) is 81.9 Å². The molecule has 1 N–H and O–H groups in total. The second-order valence-electron chi connectivity index (χ2n) is 2.44. The van der Waals surface area contributed by atoms with Crippen molar-refractivity contribution in [1.29, 1.82) is 0 Å². The van der Waals surface area contributed by atoms with Gasteiger partial charge in [-0.15, -0.1) is 0 Å². The molecule has 74 valence electrons. The number of azide groups is 1. The first kappa shape index (κ1) is 10.7. The van der Waals surface area contributed by atoms with Crippen LogP contribution in [0.1, 0.15) is 11.6 Å². The molecule has 0 aliphatic heterocycles. The number of rotatable bonds is 3. The van der Waals surface area contributed by atoms with Crippen LogP contribution in [0.5, 0.6) is 0 Å². The van der Waals surface area contributed by atoms with Crippen LogP contribution in [0.25, 0.3) is 10.4 Å². The van der Waals surface area contributed by atoms with Crippen molar-refractivity contribution in [3.8, 4) is 0 Å². The van der Waals surface area contributed by atoms with Gasteiger partial charge in [0.2, 0.25) is 5.95 Å². The average molecular weight is 217 g/mol. The molecule has 1 atom stereocenters. The fraction of sp³-hybridized carbons (Fsp3) is 0.286. The second-order valence-corrected chi connectivity index (χ2v) is 2.87. The number of halogens is 2. The standard InChI is InChI=1S/C7H6ClFN4O/c8-4-1-5(7(9)11-2-4)6(3-14)12-13-10/h1-2,6,14H,3H2. The van der Waals surface area contributed by atoms with E-state index < -0.39 is 18.6 Å². The van der Waals surface area contributed by atoms with Crippen molar-refractivity contribution in [1.82, 2.24) is 4.98 Å². The zero-order chi connectivity index (χ0) is 10.6. The number of hydrogen-bond acceptors (Lipinski definition) is 3. The van der Waals surface area contributed by atoms with Gasteiger partial charge >= 0.3 is 0 Å². The van der Waals surface area contributed by atoms with Crippen molar-refractivity contribution >= 4 is 11.6 Å². The number of aliphatic hydroxyl groups excluding tert-OH is 1. The number of pyridine rings is 1. The lowest BCUT2D eigenvalue weighted by molar-refractivity contribution is 0.264. The van der Waals surface area contributed by atoms with Gasteiger partial charge in [-0.25, -0.2) is 4.98 Å². The van der Waals surface area contributed by atoms with Gasteiger partial charge in [0, 0.05) is 16.7 Å². The summed E-state index contributed by atoms with van der Waals surface area (Å²) in [7, 11) is 0. The van der Waals surface area contributed by atoms with Gasteiger partial charge in [0.15, 0.2) is 0 Å². The van der Waals surface area contributed by atoms with Crippen molar-refractivity contribution in [2.24, 2.45) is 5.11 Å². The summed E-state index contributed by atoms with van der Waals surface area (Å²) < 4.78 is 13.1. The molecule has 0 saturated carbocycles. The third-order valence-electron chi connectivity index (χ3n) is 1.56. The lowest BCUT2D eigenvalue weighted by Crippen LogP contribution is -2.04. The van der Waals surface area contributed by atoms with Crippen molar-refractivity contribution < 1.29 is 9.50 Å². The number of nitrogens with zero attached hydrogens (tertiary/aromatic N) is 4. The van der Waals surface area contributed by atoms with E-state index in [-0.39, 0.29) is 10.6 Å². The summed E-state index contributed by atoms with van der Waals surface area (Å²) in [5, 5.41) is 12.2. The molecule has 0 aliphatic carbocycles. The van der Waals surface area contributed by atoms with Gasteiger partial charge in [-0.05, 0) is 11.6 Å². The Bertz CT molecular complexity index is 380. The summed E-state index contributed by atoms with van der Waals surface area (Å²) in [5.74, 6) is -0.805. The Hall–Kier alpha value is -1.36. The Labute approximate surface area is 83.8 Å². The number of hydrogen-bond donors (Lipinski definition) is 1. The van der Waals surface area contributed by atoms with E-state index in [0.717, 1.165) is 6.20 Å². The molecule has 5 nitrogen and oxygen atoms in total. The van der Waals surface area contributed by atoms with E-state index in [1.54, 1.807) is 0 Å². The number of aromatic nitrogens is 1. The molecule has 0 bridgehead atoms. The SMILES string of the molecule is [N-]=[N+]=NC(CO)c1cc(Cl)cnc1F. The van der Waals surface area contributed by atoms with Crippen LogP contribution < -0.4 is 0 Å². The predicted octanol–water partition coefficient (Wildman–Crippen LogP) is 2.22. The highest BCUT2D eigenvalue weighted by Gasteiger charge is 2.14. The molecule has 0 saturated heterocycles. The van der Waals surface area contributed by atoms with E-state index in [2.05, 4.69) is 15.0 Å². The summed E-state index contributed by atoms with van der Waals surface area (Å²) in [6.07, 6.45) is 1.13. The highest BCUT2D eigenvalue weighted by molar-refractivity contribution is 6.30. The minimum atomic E-state index is -0.994. The van der Waals surface area contributed by atoms with Gasteiger partial charge in [0.1, 0.15) is 0 Å². The van der Waals surface area contributed by atoms with Gasteiger partial charge in [-0.1, -0.05) is 16.7 Å². The van der Waals surface area contributed by atoms with E-state index in [1.165, 1.54) is 6.07 Å². The molecule has 1 heterocycles. The fourth-order valence-corrected chi connectivity index (χ4v) is 1.10. The molecule has 1 aromatic heterocycles. The summed E-state index contributed by atoms with van der Waals surface area (Å²) in [5.41, 5.74) is 8.14. The highest BCUT2D eigenvalue weighted by Crippen LogP contribution is 2.22. The molecule has 1 unspecified atom stereocenters. The van der Waals surface area contributed by atoms with Gasteiger partial charge < -0.3 is 5.11 Å². The predicted molar refractivity (Wildman–Crippen MR) is 48.2 cm³/mol. The van der Waals surface area contributed by atoms with E-state index in [0.29, 0.717) is 0 Å². The van der Waals surface area contributed by atoms with E-state index in [9.17, 15) is 4.39 Å². The highest BCUT2D eigenvalue weighted by atomic mass is 35.5. The quantitative estimate of drug-likeness (QED) is 0.364. The molecule has 0 amide bonds. The van der Waals surface area contributed by atoms with Crippen LogP contribution in [0.15, 0.2) is 17.4 Å². The Morgan fingerprint density at radius 3 is 3.07 bits per heavy atom. The first-order chi connectivity index (χ1) is 6.69.